The fourth-order valence-corrected chi connectivity index (χ4v) is 2.14. The first kappa shape index (κ1) is 18.8. The first-order chi connectivity index (χ1) is 8.88. The molecular formula is C17H23FeNO-6. The largest absolute Gasteiger partial charge is 0.748 e. The van der Waals surface area contributed by atoms with Crippen LogP contribution < -0.4 is 5.32 Å². The van der Waals surface area contributed by atoms with Gasteiger partial charge in [0.1, 0.15) is 5.78 Å². The average molecular weight is 313 g/mol. The maximum Gasteiger partial charge on any atom is 0.125 e. The van der Waals surface area contributed by atoms with E-state index in [1.807, 2.05) is 54.6 Å². The van der Waals surface area contributed by atoms with Crippen LogP contribution in [0.4, 0.5) is 0 Å². The average Bonchev–Trinajstić information content (AvgIpc) is 3.14. The van der Waals surface area contributed by atoms with Gasteiger partial charge >= 0.3 is 0 Å². The van der Waals surface area contributed by atoms with Gasteiger partial charge in [-0.1, -0.05) is 19.4 Å². The van der Waals surface area contributed by atoms with Gasteiger partial charge in [-0.3, -0.25) is 0 Å². The molecule has 1 N–H and O–H groups in total. The number of hydrogen-bond acceptors (Lipinski definition) is 2. The van der Waals surface area contributed by atoms with E-state index in [1.165, 1.54) is 12.8 Å². The molecule has 0 aliphatic carbocycles. The number of Topliss-reactive ketones (excluding diaryl/α,β-unsaturated/α-hetero) is 1. The van der Waals surface area contributed by atoms with Gasteiger partial charge < -0.3 is 40.4 Å². The Morgan fingerprint density at radius 2 is 1.60 bits per heavy atom. The summed E-state index contributed by atoms with van der Waals surface area (Å²) in [6.07, 6.45) is 3.36. The molecule has 2 aromatic rings. The number of nitrogens with one attached hydrogen (secondary N) is 1. The van der Waals surface area contributed by atoms with E-state index in [4.69, 9.17) is 0 Å². The third-order valence-corrected chi connectivity index (χ3v) is 3.13. The fraction of sp³-hybridized carbons (Fsp3) is 0.353. The van der Waals surface area contributed by atoms with E-state index in [1.54, 1.807) is 0 Å². The van der Waals surface area contributed by atoms with Crippen molar-refractivity contribution < 1.29 is 21.9 Å². The zero-order valence-corrected chi connectivity index (χ0v) is 12.0. The quantitative estimate of drug-likeness (QED) is 0.519. The maximum atomic E-state index is 11.8. The molecule has 0 bridgehead atoms. The molecule has 3 heteroatoms. The summed E-state index contributed by atoms with van der Waals surface area (Å²) in [5.74, 6) is 0.254. The smallest absolute Gasteiger partial charge is 0.125 e. The van der Waals surface area contributed by atoms with Crippen LogP contribution >= 0.6 is 0 Å². The maximum absolute atomic E-state index is 11.8. The third-order valence-electron chi connectivity index (χ3n) is 3.13. The predicted octanol–water partition coefficient (Wildman–Crippen LogP) is 3.77. The van der Waals surface area contributed by atoms with Crippen molar-refractivity contribution in [2.75, 3.05) is 6.54 Å². The Balaban J connectivity index is 0.000000443. The molecule has 2 aromatic carbocycles. The van der Waals surface area contributed by atoms with E-state index in [2.05, 4.69) is 5.32 Å². The molecule has 2 nitrogen and oxygen atoms in total. The van der Waals surface area contributed by atoms with Crippen LogP contribution in [0.25, 0.3) is 0 Å². The second-order valence-corrected chi connectivity index (χ2v) is 4.50. The zero-order valence-electron chi connectivity index (χ0n) is 10.9. The van der Waals surface area contributed by atoms with Crippen LogP contribution in [0, 0.1) is 0 Å². The Bertz CT molecular complexity index is 410. The van der Waals surface area contributed by atoms with Gasteiger partial charge in [-0.05, 0) is 19.4 Å². The van der Waals surface area contributed by atoms with Crippen molar-refractivity contribution in [1.29, 1.82) is 0 Å². The van der Waals surface area contributed by atoms with E-state index in [0.29, 0.717) is 0 Å². The van der Waals surface area contributed by atoms with Crippen molar-refractivity contribution in [3.8, 4) is 0 Å². The standard InChI is InChI=1S/C11H14NO.C5H5.CH4.Fe/c13-11(9-5-1-2-6-9)10-7-3-4-8-12-10;1-2-4-5-3-1;;/h1-2,5-6,10,12H,3-4,7-8H2;1-5H;1H4;/q-1;-5;;. The normalized spacial score (nSPS) is 16.9. The molecule has 1 atom stereocenters. The van der Waals surface area contributed by atoms with E-state index >= 15 is 0 Å². The van der Waals surface area contributed by atoms with Crippen LogP contribution in [0.2, 0.25) is 0 Å². The van der Waals surface area contributed by atoms with Crippen LogP contribution in [0.15, 0.2) is 54.6 Å². The molecule has 1 unspecified atom stereocenters. The van der Waals surface area contributed by atoms with Crippen LogP contribution in [0.1, 0.15) is 37.0 Å². The fourth-order valence-electron chi connectivity index (χ4n) is 2.14. The van der Waals surface area contributed by atoms with E-state index < -0.39 is 0 Å². The van der Waals surface area contributed by atoms with Crippen molar-refractivity contribution in [3.63, 3.8) is 0 Å². The Morgan fingerprint density at radius 3 is 2.05 bits per heavy atom. The summed E-state index contributed by atoms with van der Waals surface area (Å²) in [4.78, 5) is 11.8. The van der Waals surface area contributed by atoms with Gasteiger partial charge in [0.2, 0.25) is 0 Å². The molecule has 3 rings (SSSR count). The number of carbonyl (C=O) groups excluding carboxylic acids is 1. The minimum atomic E-state index is 0. The van der Waals surface area contributed by atoms with E-state index in [9.17, 15) is 4.79 Å². The van der Waals surface area contributed by atoms with Gasteiger partial charge in [-0.2, -0.15) is 12.1 Å². The van der Waals surface area contributed by atoms with Gasteiger partial charge in [0.05, 0.1) is 6.04 Å². The molecule has 0 spiro atoms. The van der Waals surface area contributed by atoms with Gasteiger partial charge in [0.25, 0.3) is 0 Å². The summed E-state index contributed by atoms with van der Waals surface area (Å²) in [5.41, 5.74) is 0.847. The number of rotatable bonds is 2. The van der Waals surface area contributed by atoms with Crippen molar-refractivity contribution in [2.45, 2.75) is 32.7 Å². The Kier molecular flexibility index (Phi) is 10.0. The van der Waals surface area contributed by atoms with Gasteiger partial charge in [0, 0.05) is 17.1 Å². The second kappa shape index (κ2) is 10.6. The van der Waals surface area contributed by atoms with Gasteiger partial charge in [-0.25, -0.2) is 12.1 Å². The molecule has 1 aliphatic heterocycles. The Morgan fingerprint density at radius 1 is 1.05 bits per heavy atom. The molecule has 1 fully saturated rings. The number of carbonyl (C=O) groups is 1. The summed E-state index contributed by atoms with van der Waals surface area (Å²) in [6, 6.07) is 17.7. The summed E-state index contributed by atoms with van der Waals surface area (Å²) in [7, 11) is 0. The number of ketones is 1. The predicted molar refractivity (Wildman–Crippen MR) is 80.8 cm³/mol. The van der Waals surface area contributed by atoms with Gasteiger partial charge in [0.15, 0.2) is 0 Å². The minimum Gasteiger partial charge on any atom is -0.748 e. The summed E-state index contributed by atoms with van der Waals surface area (Å²) >= 11 is 0. The topological polar surface area (TPSA) is 29.1 Å². The summed E-state index contributed by atoms with van der Waals surface area (Å²) in [6.45, 7) is 0.983. The molecule has 20 heavy (non-hydrogen) atoms. The monoisotopic (exact) mass is 313 g/mol. The van der Waals surface area contributed by atoms with Crippen LogP contribution in [0.3, 0.4) is 0 Å². The third kappa shape index (κ3) is 5.87. The van der Waals surface area contributed by atoms with Crippen molar-refractivity contribution >= 4 is 5.78 Å². The van der Waals surface area contributed by atoms with Crippen LogP contribution in [0.5, 0.6) is 0 Å². The first-order valence-corrected chi connectivity index (χ1v) is 6.54. The summed E-state index contributed by atoms with van der Waals surface area (Å²) in [5, 5.41) is 3.26. The second-order valence-electron chi connectivity index (χ2n) is 4.50. The Hall–Kier alpha value is -1.15. The zero-order chi connectivity index (χ0) is 12.6. The van der Waals surface area contributed by atoms with Gasteiger partial charge in [-0.15, -0.1) is 0 Å². The van der Waals surface area contributed by atoms with Crippen LogP contribution in [-0.2, 0) is 17.1 Å². The SMILES string of the molecule is C.O=C([c-]1cccc1)C1CCCCN1.[Fe].[cH-]1[cH-][cH-][cH-][cH-]1. The van der Waals surface area contributed by atoms with Crippen molar-refractivity contribution in [3.05, 3.63) is 60.2 Å². The Labute approximate surface area is 132 Å². The molecule has 1 heterocycles. The minimum absolute atomic E-state index is 0. The molecule has 1 aliphatic rings. The molecule has 0 amide bonds. The number of piperidine rings is 1. The molecule has 0 aromatic heterocycles. The molecule has 1 saturated heterocycles. The van der Waals surface area contributed by atoms with E-state index in [0.717, 1.165) is 18.5 Å². The van der Waals surface area contributed by atoms with Crippen LogP contribution in [-0.4, -0.2) is 18.4 Å². The molecule has 116 valence electrons. The van der Waals surface area contributed by atoms with Crippen molar-refractivity contribution in [1.82, 2.24) is 5.32 Å². The molecular weight excluding hydrogens is 290 g/mol. The summed E-state index contributed by atoms with van der Waals surface area (Å²) < 4.78 is 0. The first-order valence-electron chi connectivity index (χ1n) is 6.54. The molecule has 0 saturated carbocycles. The van der Waals surface area contributed by atoms with Crippen molar-refractivity contribution in [2.24, 2.45) is 0 Å². The number of hydrogen-bond donors (Lipinski definition) is 1. The van der Waals surface area contributed by atoms with E-state index in [-0.39, 0.29) is 36.3 Å². The molecule has 0 radical (unpaired) electrons.